The van der Waals surface area contributed by atoms with Gasteiger partial charge in [0.05, 0.1) is 0 Å². The van der Waals surface area contributed by atoms with Gasteiger partial charge in [-0.3, -0.25) is 4.79 Å². The molecule has 0 aliphatic rings. The normalized spacial score (nSPS) is 12.2. The van der Waals surface area contributed by atoms with Crippen molar-refractivity contribution in [3.05, 3.63) is 29.6 Å². The van der Waals surface area contributed by atoms with E-state index in [1.165, 1.54) is 19.1 Å². The molecular weight excluding hydrogens is 199 g/mol. The number of hydrogen-bond donors (Lipinski definition) is 2. The number of carbonyl (C=O) groups excluding carboxylic acids is 1. The lowest BCUT2D eigenvalue weighted by Crippen LogP contribution is -2.30. The zero-order valence-electron chi connectivity index (χ0n) is 8.37. The van der Waals surface area contributed by atoms with Crippen LogP contribution < -0.4 is 16.2 Å². The predicted molar refractivity (Wildman–Crippen MR) is 53.6 cm³/mol. The fourth-order valence-corrected chi connectivity index (χ4v) is 1.03. The number of hydrogen-bond acceptors (Lipinski definition) is 3. The maximum absolute atomic E-state index is 13.2. The van der Waals surface area contributed by atoms with E-state index in [9.17, 15) is 9.18 Å². The van der Waals surface area contributed by atoms with E-state index < -0.39 is 17.8 Å². The van der Waals surface area contributed by atoms with Gasteiger partial charge in [0.2, 0.25) is 0 Å². The van der Waals surface area contributed by atoms with Crippen molar-refractivity contribution in [2.75, 3.05) is 0 Å². The monoisotopic (exact) mass is 212 g/mol. The number of ether oxygens (including phenoxy) is 1. The third kappa shape index (κ3) is 2.92. The summed E-state index contributed by atoms with van der Waals surface area (Å²) in [6.45, 7) is 1.62. The summed E-state index contributed by atoms with van der Waals surface area (Å²) in [5.74, 6) is -0.791. The van der Waals surface area contributed by atoms with E-state index in [4.69, 9.17) is 16.2 Å². The molecule has 0 aliphatic heterocycles. The van der Waals surface area contributed by atoms with Gasteiger partial charge in [0.1, 0.15) is 11.6 Å². The molecule has 0 spiro atoms. The molecule has 1 rings (SSSR count). The highest BCUT2D eigenvalue weighted by atomic mass is 19.1. The summed E-state index contributed by atoms with van der Waals surface area (Å²) in [7, 11) is 0. The van der Waals surface area contributed by atoms with E-state index in [1.54, 1.807) is 6.07 Å². The smallest absolute Gasteiger partial charge is 0.258 e. The van der Waals surface area contributed by atoms with Gasteiger partial charge in [-0.05, 0) is 13.0 Å². The van der Waals surface area contributed by atoms with Crippen molar-refractivity contribution in [1.82, 2.24) is 0 Å². The fraction of sp³-hybridized carbons (Fsp3) is 0.300. The van der Waals surface area contributed by atoms with Gasteiger partial charge >= 0.3 is 0 Å². The lowest BCUT2D eigenvalue weighted by molar-refractivity contribution is -0.123. The molecule has 82 valence electrons. The van der Waals surface area contributed by atoms with Crippen LogP contribution in [0.4, 0.5) is 4.39 Å². The van der Waals surface area contributed by atoms with Gasteiger partial charge in [-0.15, -0.1) is 0 Å². The van der Waals surface area contributed by atoms with Crippen LogP contribution >= 0.6 is 0 Å². The van der Waals surface area contributed by atoms with E-state index in [2.05, 4.69) is 0 Å². The molecule has 15 heavy (non-hydrogen) atoms. The van der Waals surface area contributed by atoms with Crippen LogP contribution in [0, 0.1) is 5.82 Å². The van der Waals surface area contributed by atoms with E-state index in [-0.39, 0.29) is 12.3 Å². The molecule has 4 N–H and O–H groups in total. The van der Waals surface area contributed by atoms with Crippen LogP contribution in [-0.4, -0.2) is 12.0 Å². The van der Waals surface area contributed by atoms with Gasteiger partial charge < -0.3 is 16.2 Å². The minimum Gasteiger partial charge on any atom is -0.481 e. The molecule has 1 aromatic rings. The zero-order valence-corrected chi connectivity index (χ0v) is 8.37. The Bertz CT molecular complexity index is 368. The van der Waals surface area contributed by atoms with Crippen molar-refractivity contribution in [3.63, 3.8) is 0 Å². The summed E-state index contributed by atoms with van der Waals surface area (Å²) in [4.78, 5) is 10.7. The van der Waals surface area contributed by atoms with Crippen molar-refractivity contribution >= 4 is 5.91 Å². The molecule has 0 aromatic heterocycles. The molecule has 0 radical (unpaired) electrons. The number of carbonyl (C=O) groups is 1. The number of primary amides is 1. The molecule has 1 atom stereocenters. The number of halogens is 1. The predicted octanol–water partition coefficient (Wildman–Crippen LogP) is 0.537. The third-order valence-electron chi connectivity index (χ3n) is 1.96. The van der Waals surface area contributed by atoms with Gasteiger partial charge in [-0.25, -0.2) is 4.39 Å². The second-order valence-electron chi connectivity index (χ2n) is 3.12. The SMILES string of the molecule is CC(Oc1ccc(CN)c(F)c1)C(N)=O. The van der Waals surface area contributed by atoms with E-state index in [0.29, 0.717) is 5.56 Å². The first-order valence-corrected chi connectivity index (χ1v) is 4.49. The summed E-state index contributed by atoms with van der Waals surface area (Å²) in [6.07, 6.45) is -0.784. The minimum atomic E-state index is -0.784. The highest BCUT2D eigenvalue weighted by Gasteiger charge is 2.11. The Morgan fingerprint density at radius 3 is 2.73 bits per heavy atom. The molecule has 5 heteroatoms. The average Bonchev–Trinajstić information content (AvgIpc) is 2.18. The number of rotatable bonds is 4. The van der Waals surface area contributed by atoms with Gasteiger partial charge in [0.25, 0.3) is 5.91 Å². The molecule has 0 bridgehead atoms. The summed E-state index contributed by atoms with van der Waals surface area (Å²) >= 11 is 0. The Balaban J connectivity index is 2.79. The highest BCUT2D eigenvalue weighted by molar-refractivity contribution is 5.78. The molecule has 0 saturated carbocycles. The largest absolute Gasteiger partial charge is 0.481 e. The molecule has 0 saturated heterocycles. The van der Waals surface area contributed by atoms with Gasteiger partial charge in [-0.1, -0.05) is 6.07 Å². The molecule has 1 amide bonds. The van der Waals surface area contributed by atoms with E-state index >= 15 is 0 Å². The summed E-state index contributed by atoms with van der Waals surface area (Å²) in [5.41, 5.74) is 10.7. The Morgan fingerprint density at radius 1 is 1.60 bits per heavy atom. The van der Waals surface area contributed by atoms with Crippen LogP contribution in [0.25, 0.3) is 0 Å². The number of benzene rings is 1. The van der Waals surface area contributed by atoms with Crippen LogP contribution in [-0.2, 0) is 11.3 Å². The number of amides is 1. The fourth-order valence-electron chi connectivity index (χ4n) is 1.03. The Kier molecular flexibility index (Phi) is 3.62. The maximum Gasteiger partial charge on any atom is 0.258 e. The summed E-state index contributed by atoms with van der Waals surface area (Å²) in [5, 5.41) is 0. The molecular formula is C10H13FN2O2. The van der Waals surface area contributed by atoms with Crippen LogP contribution in [0.3, 0.4) is 0 Å². The number of nitrogens with two attached hydrogens (primary N) is 2. The maximum atomic E-state index is 13.2. The molecule has 1 aromatic carbocycles. The Morgan fingerprint density at radius 2 is 2.27 bits per heavy atom. The Labute approximate surface area is 87.0 Å². The summed E-state index contributed by atoms with van der Waals surface area (Å²) < 4.78 is 18.3. The lowest BCUT2D eigenvalue weighted by atomic mass is 10.2. The van der Waals surface area contributed by atoms with Gasteiger partial charge in [0.15, 0.2) is 6.10 Å². The first-order valence-electron chi connectivity index (χ1n) is 4.49. The quantitative estimate of drug-likeness (QED) is 0.764. The topological polar surface area (TPSA) is 78.3 Å². The van der Waals surface area contributed by atoms with Crippen molar-refractivity contribution in [2.24, 2.45) is 11.5 Å². The Hall–Kier alpha value is -1.62. The summed E-state index contributed by atoms with van der Waals surface area (Å²) in [6, 6.07) is 4.24. The van der Waals surface area contributed by atoms with E-state index in [1.807, 2.05) is 0 Å². The third-order valence-corrected chi connectivity index (χ3v) is 1.96. The van der Waals surface area contributed by atoms with Gasteiger partial charge in [0, 0.05) is 18.2 Å². The zero-order chi connectivity index (χ0) is 11.4. The van der Waals surface area contributed by atoms with Crippen molar-refractivity contribution < 1.29 is 13.9 Å². The second-order valence-corrected chi connectivity index (χ2v) is 3.12. The molecule has 0 heterocycles. The molecule has 1 unspecified atom stereocenters. The average molecular weight is 212 g/mol. The molecule has 4 nitrogen and oxygen atoms in total. The lowest BCUT2D eigenvalue weighted by Gasteiger charge is -2.11. The van der Waals surface area contributed by atoms with Crippen LogP contribution in [0.15, 0.2) is 18.2 Å². The van der Waals surface area contributed by atoms with Crippen molar-refractivity contribution in [2.45, 2.75) is 19.6 Å². The van der Waals surface area contributed by atoms with Crippen LogP contribution in [0.1, 0.15) is 12.5 Å². The van der Waals surface area contributed by atoms with Crippen LogP contribution in [0.5, 0.6) is 5.75 Å². The van der Waals surface area contributed by atoms with Crippen molar-refractivity contribution in [3.8, 4) is 5.75 Å². The minimum absolute atomic E-state index is 0.123. The highest BCUT2D eigenvalue weighted by Crippen LogP contribution is 2.17. The molecule has 0 aliphatic carbocycles. The second kappa shape index (κ2) is 4.75. The van der Waals surface area contributed by atoms with E-state index in [0.717, 1.165) is 0 Å². The standard InChI is InChI=1S/C10H13FN2O2/c1-6(10(13)14)15-8-3-2-7(5-12)9(11)4-8/h2-4,6H,5,12H2,1H3,(H2,13,14). The van der Waals surface area contributed by atoms with Gasteiger partial charge in [-0.2, -0.15) is 0 Å². The van der Waals surface area contributed by atoms with Crippen molar-refractivity contribution in [1.29, 1.82) is 0 Å². The molecule has 0 fully saturated rings. The van der Waals surface area contributed by atoms with Crippen LogP contribution in [0.2, 0.25) is 0 Å². The first-order chi connectivity index (χ1) is 7.04. The first kappa shape index (κ1) is 11.5.